The predicted molar refractivity (Wildman–Crippen MR) is 87.9 cm³/mol. The molecule has 1 aliphatic heterocycles. The summed E-state index contributed by atoms with van der Waals surface area (Å²) >= 11 is 16.0. The summed E-state index contributed by atoms with van der Waals surface area (Å²) in [5.74, 6) is 1.72. The minimum atomic E-state index is 0.834. The molecule has 2 aromatic rings. The average Bonchev–Trinajstić information content (AvgIpc) is 2.41. The van der Waals surface area contributed by atoms with Gasteiger partial charge in [0.05, 0.1) is 23.2 Å². The highest BCUT2D eigenvalue weighted by atomic mass is 79.9. The van der Waals surface area contributed by atoms with Crippen LogP contribution in [-0.2, 0) is 0 Å². The lowest BCUT2D eigenvalue weighted by Crippen LogP contribution is -1.98. The van der Waals surface area contributed by atoms with Gasteiger partial charge in [-0.05, 0) is 75.9 Å². The minimum absolute atomic E-state index is 0.834. The van der Waals surface area contributed by atoms with Gasteiger partial charge in [-0.15, -0.1) is 0 Å². The van der Waals surface area contributed by atoms with Crippen LogP contribution in [0.1, 0.15) is 0 Å². The SMILES string of the molecule is Brc1c(Br)c(Br)c2c(c1Br)Oc1ccccc1S2. The van der Waals surface area contributed by atoms with Gasteiger partial charge in [-0.1, -0.05) is 23.9 Å². The van der Waals surface area contributed by atoms with E-state index < -0.39 is 0 Å². The molecule has 0 amide bonds. The molecule has 0 aromatic heterocycles. The summed E-state index contributed by atoms with van der Waals surface area (Å²) in [6.45, 7) is 0. The average molecular weight is 516 g/mol. The van der Waals surface area contributed by atoms with Crippen molar-refractivity contribution in [3.05, 3.63) is 42.2 Å². The molecule has 1 aliphatic rings. The van der Waals surface area contributed by atoms with Crippen molar-refractivity contribution in [3.63, 3.8) is 0 Å². The van der Waals surface area contributed by atoms with E-state index in [0.717, 1.165) is 39.2 Å². The number of hydrogen-bond acceptors (Lipinski definition) is 2. The third-order valence-electron chi connectivity index (χ3n) is 2.46. The summed E-state index contributed by atoms with van der Waals surface area (Å²) in [6, 6.07) is 8.01. The maximum atomic E-state index is 5.98. The zero-order chi connectivity index (χ0) is 12.9. The van der Waals surface area contributed by atoms with Crippen LogP contribution < -0.4 is 4.74 Å². The first-order valence-electron chi connectivity index (χ1n) is 4.90. The quantitative estimate of drug-likeness (QED) is 0.236. The molecule has 1 nitrogen and oxygen atoms in total. The first-order valence-corrected chi connectivity index (χ1v) is 8.89. The van der Waals surface area contributed by atoms with Crippen molar-refractivity contribution in [2.24, 2.45) is 0 Å². The summed E-state index contributed by atoms with van der Waals surface area (Å²) in [7, 11) is 0. The molecule has 18 heavy (non-hydrogen) atoms. The van der Waals surface area contributed by atoms with Crippen LogP contribution >= 0.6 is 75.5 Å². The van der Waals surface area contributed by atoms with Gasteiger partial charge in [-0.2, -0.15) is 0 Å². The van der Waals surface area contributed by atoms with Gasteiger partial charge in [0.2, 0.25) is 0 Å². The van der Waals surface area contributed by atoms with E-state index in [2.05, 4.69) is 69.8 Å². The van der Waals surface area contributed by atoms with Crippen molar-refractivity contribution in [2.75, 3.05) is 0 Å². The number of ether oxygens (including phenoxy) is 1. The molecule has 0 spiro atoms. The Hall–Kier alpha value is 0.510. The first-order chi connectivity index (χ1) is 8.59. The zero-order valence-electron chi connectivity index (χ0n) is 8.64. The number of rotatable bonds is 0. The highest BCUT2D eigenvalue weighted by Crippen LogP contribution is 2.56. The Bertz CT molecular complexity index is 601. The van der Waals surface area contributed by atoms with Crippen molar-refractivity contribution < 1.29 is 4.74 Å². The van der Waals surface area contributed by atoms with Crippen molar-refractivity contribution in [1.82, 2.24) is 0 Å². The third-order valence-corrected chi connectivity index (χ3v) is 8.60. The predicted octanol–water partition coefficient (Wildman–Crippen LogP) is 6.99. The maximum absolute atomic E-state index is 5.98. The Kier molecular flexibility index (Phi) is 3.84. The molecule has 3 rings (SSSR count). The van der Waals surface area contributed by atoms with Crippen LogP contribution in [0.15, 0.2) is 51.9 Å². The molecule has 0 aliphatic carbocycles. The molecule has 0 atom stereocenters. The second-order valence-corrected chi connectivity index (χ2v) is 7.79. The second-order valence-electron chi connectivity index (χ2n) is 3.57. The Morgan fingerprint density at radius 2 is 1.50 bits per heavy atom. The van der Waals surface area contributed by atoms with E-state index in [1.807, 2.05) is 18.2 Å². The fourth-order valence-electron chi connectivity index (χ4n) is 1.61. The van der Waals surface area contributed by atoms with Gasteiger partial charge in [-0.3, -0.25) is 0 Å². The molecule has 0 bridgehead atoms. The molecule has 0 unspecified atom stereocenters. The topological polar surface area (TPSA) is 9.23 Å². The summed E-state index contributed by atoms with van der Waals surface area (Å²) in [5, 5.41) is 0. The summed E-state index contributed by atoms with van der Waals surface area (Å²) in [6.07, 6.45) is 0. The molecular formula is C12H4Br4OS. The van der Waals surface area contributed by atoms with Crippen LogP contribution in [0.25, 0.3) is 0 Å². The summed E-state index contributed by atoms with van der Waals surface area (Å²) in [4.78, 5) is 2.18. The van der Waals surface area contributed by atoms with Crippen molar-refractivity contribution in [3.8, 4) is 11.5 Å². The monoisotopic (exact) mass is 512 g/mol. The second kappa shape index (κ2) is 5.13. The normalized spacial score (nSPS) is 12.7. The number of benzene rings is 2. The molecule has 0 radical (unpaired) electrons. The van der Waals surface area contributed by atoms with Crippen LogP contribution in [0.5, 0.6) is 11.5 Å². The largest absolute Gasteiger partial charge is 0.454 e. The van der Waals surface area contributed by atoms with E-state index in [9.17, 15) is 0 Å². The lowest BCUT2D eigenvalue weighted by molar-refractivity contribution is 0.450. The first kappa shape index (κ1) is 13.5. The Balaban J connectivity index is 2.25. The molecule has 0 saturated heterocycles. The van der Waals surface area contributed by atoms with E-state index in [4.69, 9.17) is 4.74 Å². The maximum Gasteiger partial charge on any atom is 0.157 e. The van der Waals surface area contributed by atoms with Gasteiger partial charge in [0.25, 0.3) is 0 Å². The summed E-state index contributed by atoms with van der Waals surface area (Å²) < 4.78 is 9.79. The number of hydrogen-bond donors (Lipinski definition) is 0. The van der Waals surface area contributed by atoms with Gasteiger partial charge in [0, 0.05) is 4.47 Å². The van der Waals surface area contributed by atoms with E-state index in [1.54, 1.807) is 11.8 Å². The fraction of sp³-hybridized carbons (Fsp3) is 0. The standard InChI is InChI=1S/C12H4Br4OS/c13-7-8(14)10(16)12-11(9(7)15)17-5-3-1-2-4-6(5)18-12/h1-4H. The van der Waals surface area contributed by atoms with Gasteiger partial charge < -0.3 is 4.74 Å². The molecule has 0 saturated carbocycles. The molecular weight excluding hydrogens is 512 g/mol. The number of para-hydroxylation sites is 1. The lowest BCUT2D eigenvalue weighted by atomic mass is 10.3. The van der Waals surface area contributed by atoms with Gasteiger partial charge in [-0.25, -0.2) is 0 Å². The van der Waals surface area contributed by atoms with Crippen LogP contribution in [0.2, 0.25) is 0 Å². The number of fused-ring (bicyclic) bond motifs is 2. The Morgan fingerprint density at radius 1 is 0.833 bits per heavy atom. The van der Waals surface area contributed by atoms with Crippen LogP contribution in [-0.4, -0.2) is 0 Å². The van der Waals surface area contributed by atoms with Gasteiger partial charge in [0.15, 0.2) is 5.75 Å². The smallest absolute Gasteiger partial charge is 0.157 e. The lowest BCUT2D eigenvalue weighted by Gasteiger charge is -2.23. The molecule has 0 N–H and O–H groups in total. The van der Waals surface area contributed by atoms with Gasteiger partial charge >= 0.3 is 0 Å². The van der Waals surface area contributed by atoms with E-state index in [1.165, 1.54) is 0 Å². The van der Waals surface area contributed by atoms with Crippen LogP contribution in [0.3, 0.4) is 0 Å². The third kappa shape index (κ3) is 2.10. The van der Waals surface area contributed by atoms with E-state index >= 15 is 0 Å². The van der Waals surface area contributed by atoms with E-state index in [0.29, 0.717) is 0 Å². The van der Waals surface area contributed by atoms with Crippen molar-refractivity contribution in [2.45, 2.75) is 9.79 Å². The zero-order valence-corrected chi connectivity index (χ0v) is 15.8. The summed E-state index contributed by atoms with van der Waals surface area (Å²) in [5.41, 5.74) is 0. The highest BCUT2D eigenvalue weighted by molar-refractivity contribution is 9.15. The molecule has 1 heterocycles. The van der Waals surface area contributed by atoms with Crippen molar-refractivity contribution in [1.29, 1.82) is 0 Å². The molecule has 92 valence electrons. The molecule has 0 fully saturated rings. The van der Waals surface area contributed by atoms with Crippen LogP contribution in [0, 0.1) is 0 Å². The Morgan fingerprint density at radius 3 is 2.28 bits per heavy atom. The van der Waals surface area contributed by atoms with Crippen molar-refractivity contribution >= 4 is 75.5 Å². The van der Waals surface area contributed by atoms with Crippen LogP contribution in [0.4, 0.5) is 0 Å². The molecule has 2 aromatic carbocycles. The minimum Gasteiger partial charge on any atom is -0.454 e. The molecule has 6 heteroatoms. The highest BCUT2D eigenvalue weighted by Gasteiger charge is 2.26. The van der Waals surface area contributed by atoms with E-state index in [-0.39, 0.29) is 0 Å². The fourth-order valence-corrected chi connectivity index (χ4v) is 5.29. The number of halogens is 4. The Labute approximate surface area is 142 Å². The van der Waals surface area contributed by atoms with Gasteiger partial charge in [0.1, 0.15) is 5.75 Å².